The first kappa shape index (κ1) is 15.9. The summed E-state index contributed by atoms with van der Waals surface area (Å²) >= 11 is 0. The van der Waals surface area contributed by atoms with Gasteiger partial charge in [0, 0.05) is 24.1 Å². The van der Waals surface area contributed by atoms with Crippen LogP contribution in [0.3, 0.4) is 0 Å². The molecule has 25 heavy (non-hydrogen) atoms. The Labute approximate surface area is 147 Å². The first-order valence-corrected chi connectivity index (χ1v) is 8.69. The topological polar surface area (TPSA) is 37.8 Å². The summed E-state index contributed by atoms with van der Waals surface area (Å²) in [5.74, 6) is 0.586. The van der Waals surface area contributed by atoms with Gasteiger partial charge in [0.25, 0.3) is 0 Å². The van der Waals surface area contributed by atoms with E-state index in [1.807, 2.05) is 30.3 Å². The van der Waals surface area contributed by atoms with Crippen LogP contribution in [-0.2, 0) is 19.4 Å². The molecule has 0 saturated carbocycles. The van der Waals surface area contributed by atoms with E-state index in [2.05, 4.69) is 17.4 Å². The Kier molecular flexibility index (Phi) is 4.53. The fourth-order valence-corrected chi connectivity index (χ4v) is 3.29. The van der Waals surface area contributed by atoms with Gasteiger partial charge in [0.05, 0.1) is 11.4 Å². The van der Waals surface area contributed by atoms with Crippen LogP contribution < -0.4 is 5.32 Å². The molecule has 3 aromatic rings. The van der Waals surface area contributed by atoms with E-state index < -0.39 is 0 Å². The Bertz CT molecular complexity index is 860. The minimum Gasteiger partial charge on any atom is -0.311 e. The molecule has 0 amide bonds. The van der Waals surface area contributed by atoms with Gasteiger partial charge < -0.3 is 5.32 Å². The average Bonchev–Trinajstić information content (AvgIpc) is 2.88. The summed E-state index contributed by atoms with van der Waals surface area (Å²) < 4.78 is 13.3. The maximum atomic E-state index is 13.3. The van der Waals surface area contributed by atoms with Gasteiger partial charge in [-0.3, -0.25) is 0 Å². The molecule has 1 aliphatic rings. The molecule has 4 heteroatoms. The van der Waals surface area contributed by atoms with Crippen molar-refractivity contribution < 1.29 is 4.39 Å². The van der Waals surface area contributed by atoms with Gasteiger partial charge in [-0.25, -0.2) is 14.4 Å². The summed E-state index contributed by atoms with van der Waals surface area (Å²) in [6.07, 6.45) is 2.70. The molecule has 0 unspecified atom stereocenters. The number of hydrogen-bond acceptors (Lipinski definition) is 3. The molecule has 0 bridgehead atoms. The minimum atomic E-state index is -0.227. The lowest BCUT2D eigenvalue weighted by atomic mass is 10.0. The van der Waals surface area contributed by atoms with Crippen LogP contribution in [0.15, 0.2) is 54.6 Å². The zero-order chi connectivity index (χ0) is 17.1. The summed E-state index contributed by atoms with van der Waals surface area (Å²) in [5.41, 5.74) is 5.34. The second-order valence-electron chi connectivity index (χ2n) is 6.36. The third-order valence-electron chi connectivity index (χ3n) is 4.53. The average molecular weight is 333 g/mol. The second-order valence-corrected chi connectivity index (χ2v) is 6.36. The van der Waals surface area contributed by atoms with E-state index in [1.165, 1.54) is 23.3 Å². The SMILES string of the molecule is Fc1ccc(-c2nc(Cc3ccccc3)nc3c2CCCNC3)cc1. The highest BCUT2D eigenvalue weighted by Gasteiger charge is 2.18. The van der Waals surface area contributed by atoms with Gasteiger partial charge in [-0.1, -0.05) is 30.3 Å². The van der Waals surface area contributed by atoms with Crippen molar-refractivity contribution in [2.45, 2.75) is 25.8 Å². The molecule has 2 heterocycles. The molecule has 0 fully saturated rings. The minimum absolute atomic E-state index is 0.227. The van der Waals surface area contributed by atoms with Gasteiger partial charge in [-0.2, -0.15) is 0 Å². The number of aromatic nitrogens is 2. The van der Waals surface area contributed by atoms with Gasteiger partial charge in [0.1, 0.15) is 11.6 Å². The largest absolute Gasteiger partial charge is 0.311 e. The van der Waals surface area contributed by atoms with Crippen LogP contribution in [0.25, 0.3) is 11.3 Å². The quantitative estimate of drug-likeness (QED) is 0.790. The highest BCUT2D eigenvalue weighted by Crippen LogP contribution is 2.27. The lowest BCUT2D eigenvalue weighted by molar-refractivity contribution is 0.628. The predicted octanol–water partition coefficient (Wildman–Crippen LogP) is 3.91. The Hall–Kier alpha value is -2.59. The van der Waals surface area contributed by atoms with Gasteiger partial charge in [0.15, 0.2) is 0 Å². The van der Waals surface area contributed by atoms with Crippen LogP contribution >= 0.6 is 0 Å². The summed E-state index contributed by atoms with van der Waals surface area (Å²) in [7, 11) is 0. The Morgan fingerprint density at radius 3 is 2.56 bits per heavy atom. The van der Waals surface area contributed by atoms with Crippen LogP contribution in [0.2, 0.25) is 0 Å². The first-order valence-electron chi connectivity index (χ1n) is 8.69. The molecular weight excluding hydrogens is 313 g/mol. The highest BCUT2D eigenvalue weighted by atomic mass is 19.1. The van der Waals surface area contributed by atoms with Crippen molar-refractivity contribution in [2.75, 3.05) is 6.54 Å². The number of rotatable bonds is 3. The lowest BCUT2D eigenvalue weighted by Gasteiger charge is -2.14. The van der Waals surface area contributed by atoms with Gasteiger partial charge in [-0.15, -0.1) is 0 Å². The third-order valence-corrected chi connectivity index (χ3v) is 4.53. The van der Waals surface area contributed by atoms with Crippen LogP contribution in [0, 0.1) is 5.82 Å². The highest BCUT2D eigenvalue weighted by molar-refractivity contribution is 5.64. The van der Waals surface area contributed by atoms with Crippen LogP contribution in [-0.4, -0.2) is 16.5 Å². The van der Waals surface area contributed by atoms with E-state index in [4.69, 9.17) is 9.97 Å². The summed E-state index contributed by atoms with van der Waals surface area (Å²) in [4.78, 5) is 9.69. The molecule has 126 valence electrons. The zero-order valence-electron chi connectivity index (χ0n) is 14.0. The molecule has 0 saturated heterocycles. The second kappa shape index (κ2) is 7.11. The van der Waals surface area contributed by atoms with Crippen LogP contribution in [0.5, 0.6) is 0 Å². The van der Waals surface area contributed by atoms with Gasteiger partial charge >= 0.3 is 0 Å². The van der Waals surface area contributed by atoms with Crippen LogP contribution in [0.1, 0.15) is 29.1 Å². The number of benzene rings is 2. The molecule has 1 aromatic heterocycles. The number of fused-ring (bicyclic) bond motifs is 1. The fraction of sp³-hybridized carbons (Fsp3) is 0.238. The predicted molar refractivity (Wildman–Crippen MR) is 96.7 cm³/mol. The molecule has 0 atom stereocenters. The van der Waals surface area contributed by atoms with Crippen molar-refractivity contribution in [1.82, 2.24) is 15.3 Å². The standard InChI is InChI=1S/C21H20FN3/c22-17-10-8-16(9-11-17)21-18-7-4-12-23-14-19(18)24-20(25-21)13-15-5-2-1-3-6-15/h1-3,5-6,8-11,23H,4,7,12-14H2. The molecule has 2 aromatic carbocycles. The third kappa shape index (κ3) is 3.59. The smallest absolute Gasteiger partial charge is 0.133 e. The van der Waals surface area contributed by atoms with E-state index in [0.29, 0.717) is 6.42 Å². The number of nitrogens with zero attached hydrogens (tertiary/aromatic N) is 2. The van der Waals surface area contributed by atoms with E-state index in [1.54, 1.807) is 0 Å². The van der Waals surface area contributed by atoms with Crippen LogP contribution in [0.4, 0.5) is 4.39 Å². The Morgan fingerprint density at radius 2 is 1.76 bits per heavy atom. The number of hydrogen-bond donors (Lipinski definition) is 1. The van der Waals surface area contributed by atoms with Gasteiger partial charge in [-0.05, 0) is 49.2 Å². The molecule has 0 radical (unpaired) electrons. The van der Waals surface area contributed by atoms with E-state index in [-0.39, 0.29) is 5.82 Å². The molecular formula is C21H20FN3. The molecule has 1 aliphatic heterocycles. The number of halogens is 1. The fourth-order valence-electron chi connectivity index (χ4n) is 3.29. The van der Waals surface area contributed by atoms with Crippen molar-refractivity contribution in [3.05, 3.63) is 83.1 Å². The van der Waals surface area contributed by atoms with Crippen molar-refractivity contribution in [1.29, 1.82) is 0 Å². The maximum Gasteiger partial charge on any atom is 0.133 e. The summed E-state index contributed by atoms with van der Waals surface area (Å²) in [5, 5.41) is 3.43. The zero-order valence-corrected chi connectivity index (χ0v) is 14.0. The maximum absolute atomic E-state index is 13.3. The molecule has 0 spiro atoms. The van der Waals surface area contributed by atoms with Crippen molar-refractivity contribution in [2.24, 2.45) is 0 Å². The van der Waals surface area contributed by atoms with E-state index in [9.17, 15) is 4.39 Å². The summed E-state index contributed by atoms with van der Waals surface area (Å²) in [6, 6.07) is 16.9. The van der Waals surface area contributed by atoms with Crippen molar-refractivity contribution >= 4 is 0 Å². The first-order chi connectivity index (χ1) is 12.3. The number of nitrogens with one attached hydrogen (secondary N) is 1. The van der Waals surface area contributed by atoms with Crippen molar-refractivity contribution in [3.63, 3.8) is 0 Å². The Balaban J connectivity index is 1.80. The molecule has 4 rings (SSSR count). The van der Waals surface area contributed by atoms with Gasteiger partial charge in [0.2, 0.25) is 0 Å². The summed E-state index contributed by atoms with van der Waals surface area (Å²) in [6.45, 7) is 1.74. The Morgan fingerprint density at radius 1 is 0.960 bits per heavy atom. The lowest BCUT2D eigenvalue weighted by Crippen LogP contribution is -2.14. The van der Waals surface area contributed by atoms with Crippen molar-refractivity contribution in [3.8, 4) is 11.3 Å². The normalized spacial score (nSPS) is 14.0. The van der Waals surface area contributed by atoms with E-state index >= 15 is 0 Å². The monoisotopic (exact) mass is 333 g/mol. The van der Waals surface area contributed by atoms with E-state index in [0.717, 1.165) is 48.7 Å². The molecule has 3 nitrogen and oxygen atoms in total. The molecule has 1 N–H and O–H groups in total. The molecule has 0 aliphatic carbocycles.